The van der Waals surface area contributed by atoms with E-state index in [1.807, 2.05) is 0 Å². The van der Waals surface area contributed by atoms with Gasteiger partial charge in [-0.25, -0.2) is 0 Å². The van der Waals surface area contributed by atoms with Gasteiger partial charge < -0.3 is 0 Å². The molecule has 1 nitrogen and oxygen atoms in total. The predicted octanol–water partition coefficient (Wildman–Crippen LogP) is 3.06. The standard InChI is InChI=1S/C13H19IO/c15-13-9-10-5-1-2-6-11(10)14-8-4-3-7-12(13)14/h1,5,9,11-13,15H,2-4,6-8H2. The molecule has 0 aromatic rings. The van der Waals surface area contributed by atoms with Gasteiger partial charge in [0, 0.05) is 0 Å². The van der Waals surface area contributed by atoms with Crippen molar-refractivity contribution in [1.82, 2.24) is 0 Å². The van der Waals surface area contributed by atoms with Gasteiger partial charge in [-0.1, -0.05) is 0 Å². The Labute approximate surface area is 99.0 Å². The quantitative estimate of drug-likeness (QED) is 0.538. The fourth-order valence-corrected chi connectivity index (χ4v) is 12.0. The third-order valence-corrected chi connectivity index (χ3v) is 12.5. The van der Waals surface area contributed by atoms with Gasteiger partial charge in [-0.15, -0.1) is 0 Å². The van der Waals surface area contributed by atoms with E-state index in [1.54, 1.807) is 0 Å². The summed E-state index contributed by atoms with van der Waals surface area (Å²) in [5.74, 6) is 0. The molecule has 0 amide bonds. The van der Waals surface area contributed by atoms with Gasteiger partial charge in [-0.05, 0) is 0 Å². The van der Waals surface area contributed by atoms with Crippen molar-refractivity contribution in [2.75, 3.05) is 4.43 Å². The molecular formula is C13H19IO. The van der Waals surface area contributed by atoms with E-state index in [0.717, 1.165) is 7.85 Å². The van der Waals surface area contributed by atoms with Crippen LogP contribution in [-0.2, 0) is 0 Å². The van der Waals surface area contributed by atoms with Crippen LogP contribution in [0.2, 0.25) is 0 Å². The van der Waals surface area contributed by atoms with Gasteiger partial charge in [0.2, 0.25) is 0 Å². The van der Waals surface area contributed by atoms with Crippen molar-refractivity contribution >= 4 is 19.8 Å². The van der Waals surface area contributed by atoms with Crippen molar-refractivity contribution < 1.29 is 5.11 Å². The molecule has 3 rings (SSSR count). The summed E-state index contributed by atoms with van der Waals surface area (Å²) < 4.78 is 3.15. The second-order valence-corrected chi connectivity index (χ2v) is 11.4. The zero-order chi connectivity index (χ0) is 10.3. The molecule has 15 heavy (non-hydrogen) atoms. The first-order valence-electron chi connectivity index (χ1n) is 6.05. The summed E-state index contributed by atoms with van der Waals surface area (Å²) in [6.07, 6.45) is 13.4. The number of halogens is 1. The second-order valence-electron chi connectivity index (χ2n) is 4.74. The average molecular weight is 318 g/mol. The van der Waals surface area contributed by atoms with E-state index < -0.39 is 19.8 Å². The van der Waals surface area contributed by atoms with Crippen LogP contribution >= 0.6 is 19.8 Å². The Morgan fingerprint density at radius 3 is 3.13 bits per heavy atom. The van der Waals surface area contributed by atoms with Crippen LogP contribution in [0.4, 0.5) is 0 Å². The maximum atomic E-state index is 10.2. The van der Waals surface area contributed by atoms with Crippen LogP contribution < -0.4 is 0 Å². The van der Waals surface area contributed by atoms with E-state index in [4.69, 9.17) is 0 Å². The summed E-state index contributed by atoms with van der Waals surface area (Å²) >= 11 is -0.889. The van der Waals surface area contributed by atoms with Crippen LogP contribution in [0.25, 0.3) is 0 Å². The van der Waals surface area contributed by atoms with Crippen LogP contribution in [0.15, 0.2) is 23.8 Å². The van der Waals surface area contributed by atoms with Gasteiger partial charge in [0.15, 0.2) is 0 Å². The first-order chi connectivity index (χ1) is 7.36. The molecule has 0 aromatic heterocycles. The first-order valence-corrected chi connectivity index (χ1v) is 10.1. The van der Waals surface area contributed by atoms with Crippen molar-refractivity contribution in [3.8, 4) is 0 Å². The monoisotopic (exact) mass is 318 g/mol. The fraction of sp³-hybridized carbons (Fsp3) is 0.692. The number of fused-ring (bicyclic) bond motifs is 3. The summed E-state index contributed by atoms with van der Waals surface area (Å²) in [4.78, 5) is 0. The second kappa shape index (κ2) is 4.21. The molecule has 0 aromatic carbocycles. The van der Waals surface area contributed by atoms with Crippen molar-refractivity contribution in [3.63, 3.8) is 0 Å². The van der Waals surface area contributed by atoms with E-state index in [1.165, 1.54) is 42.1 Å². The summed E-state index contributed by atoms with van der Waals surface area (Å²) in [6, 6.07) is 0. The van der Waals surface area contributed by atoms with E-state index in [9.17, 15) is 5.11 Å². The van der Waals surface area contributed by atoms with Crippen molar-refractivity contribution in [2.24, 2.45) is 0 Å². The Bertz CT molecular complexity index is 308. The summed E-state index contributed by atoms with van der Waals surface area (Å²) in [7, 11) is 0. The Hall–Kier alpha value is 0.170. The number of rotatable bonds is 0. The minimum absolute atomic E-state index is 0.0931. The van der Waals surface area contributed by atoms with Crippen LogP contribution in [0.1, 0.15) is 32.1 Å². The Morgan fingerprint density at radius 2 is 2.20 bits per heavy atom. The van der Waals surface area contributed by atoms with Crippen LogP contribution in [0.5, 0.6) is 0 Å². The van der Waals surface area contributed by atoms with Crippen molar-refractivity contribution in [3.05, 3.63) is 23.8 Å². The van der Waals surface area contributed by atoms with E-state index in [0.29, 0.717) is 0 Å². The van der Waals surface area contributed by atoms with Crippen LogP contribution in [-0.4, -0.2) is 23.5 Å². The van der Waals surface area contributed by atoms with Gasteiger partial charge >= 0.3 is 99.2 Å². The van der Waals surface area contributed by atoms with Gasteiger partial charge in [0.25, 0.3) is 0 Å². The van der Waals surface area contributed by atoms with Gasteiger partial charge in [-0.3, -0.25) is 0 Å². The Balaban J connectivity index is 1.93. The maximum absolute atomic E-state index is 10.2. The van der Waals surface area contributed by atoms with E-state index >= 15 is 0 Å². The molecule has 2 aliphatic heterocycles. The number of alkyl halides is 3. The zero-order valence-corrected chi connectivity index (χ0v) is 11.2. The van der Waals surface area contributed by atoms with Crippen LogP contribution in [0, 0.1) is 0 Å². The molecule has 1 fully saturated rings. The molecule has 1 N–H and O–H groups in total. The topological polar surface area (TPSA) is 20.2 Å². The summed E-state index contributed by atoms with van der Waals surface area (Å²) in [6.45, 7) is 0. The molecule has 0 bridgehead atoms. The summed E-state index contributed by atoms with van der Waals surface area (Å²) in [5, 5.41) is 10.2. The van der Waals surface area contributed by atoms with Gasteiger partial charge in [0.1, 0.15) is 0 Å². The number of hydrogen-bond acceptors (Lipinski definition) is 1. The molecule has 3 unspecified atom stereocenters. The molecule has 3 atom stereocenters. The number of aliphatic hydroxyl groups excluding tert-OH is 1. The molecule has 1 saturated heterocycles. The molecule has 2 heteroatoms. The Kier molecular flexibility index (Phi) is 2.90. The third-order valence-electron chi connectivity index (χ3n) is 3.77. The zero-order valence-electron chi connectivity index (χ0n) is 9.03. The van der Waals surface area contributed by atoms with E-state index in [2.05, 4.69) is 18.2 Å². The molecule has 2 heterocycles. The fourth-order valence-electron chi connectivity index (χ4n) is 3.03. The molecule has 3 aliphatic rings. The molecule has 0 spiro atoms. The van der Waals surface area contributed by atoms with Crippen LogP contribution in [0.3, 0.4) is 0 Å². The van der Waals surface area contributed by atoms with Gasteiger partial charge in [0.05, 0.1) is 0 Å². The van der Waals surface area contributed by atoms with Gasteiger partial charge in [-0.2, -0.15) is 0 Å². The number of aliphatic hydroxyl groups is 1. The minimum atomic E-state index is -0.889. The molecule has 0 saturated carbocycles. The average Bonchev–Trinajstić information content (AvgIpc) is 2.30. The molecule has 0 radical (unpaired) electrons. The molecular weight excluding hydrogens is 299 g/mol. The van der Waals surface area contributed by atoms with Crippen molar-refractivity contribution in [2.45, 2.75) is 46.1 Å². The first kappa shape index (κ1) is 10.3. The Morgan fingerprint density at radius 1 is 1.27 bits per heavy atom. The SMILES string of the molecule is OC1C=C2C=CCCC2I2CCCCC12. The third kappa shape index (κ3) is 1.80. The number of allylic oxidation sites excluding steroid dienone is 3. The van der Waals surface area contributed by atoms with E-state index in [-0.39, 0.29) is 6.10 Å². The van der Waals surface area contributed by atoms with Crippen molar-refractivity contribution in [1.29, 1.82) is 0 Å². The number of hydrogen-bond donors (Lipinski definition) is 1. The normalized spacial score (nSPS) is 41.8. The molecule has 1 aliphatic carbocycles. The molecule has 84 valence electrons. The predicted molar refractivity (Wildman–Crippen MR) is 72.8 cm³/mol. The summed E-state index contributed by atoms with van der Waals surface area (Å²) in [5.41, 5.74) is 1.50.